The van der Waals surface area contributed by atoms with E-state index < -0.39 is 6.43 Å². The zero-order chi connectivity index (χ0) is 9.84. The molecule has 0 aromatic heterocycles. The Hall–Kier alpha value is -0.960. The number of hydrogen-bond acceptors (Lipinski definition) is 1. The van der Waals surface area contributed by atoms with Gasteiger partial charge in [-0.15, -0.1) is 0 Å². The number of hydrogen-bond donors (Lipinski definition) is 1. The highest BCUT2D eigenvalue weighted by atomic mass is 19.3. The van der Waals surface area contributed by atoms with E-state index in [1.807, 2.05) is 13.0 Å². The van der Waals surface area contributed by atoms with Crippen LogP contribution in [0.25, 0.3) is 0 Å². The first-order valence-corrected chi connectivity index (χ1v) is 4.22. The summed E-state index contributed by atoms with van der Waals surface area (Å²) >= 11 is 0. The summed E-state index contributed by atoms with van der Waals surface area (Å²) in [6.45, 7) is 1.86. The molecule has 0 heterocycles. The van der Waals surface area contributed by atoms with Gasteiger partial charge < -0.3 is 5.73 Å². The molecule has 0 aliphatic heterocycles. The van der Waals surface area contributed by atoms with Crippen molar-refractivity contribution in [3.05, 3.63) is 35.4 Å². The molecule has 0 aliphatic carbocycles. The molecule has 0 amide bonds. The molecular formula is C10H13F2N. The van der Waals surface area contributed by atoms with E-state index in [1.165, 1.54) is 12.1 Å². The van der Waals surface area contributed by atoms with E-state index in [2.05, 4.69) is 0 Å². The van der Waals surface area contributed by atoms with E-state index in [9.17, 15) is 8.78 Å². The number of nitrogens with two attached hydrogens (primary N) is 1. The largest absolute Gasteiger partial charge is 0.328 e. The first-order chi connectivity index (χ1) is 6.09. The fourth-order valence-electron chi connectivity index (χ4n) is 1.23. The number of rotatable bonds is 3. The van der Waals surface area contributed by atoms with Gasteiger partial charge in [-0.2, -0.15) is 0 Å². The van der Waals surface area contributed by atoms with Crippen molar-refractivity contribution in [2.75, 3.05) is 0 Å². The van der Waals surface area contributed by atoms with Crippen LogP contribution in [0.1, 0.15) is 24.5 Å². The summed E-state index contributed by atoms with van der Waals surface area (Å²) in [5.74, 6) is 0. The fraction of sp³-hybridized carbons (Fsp3) is 0.400. The Morgan fingerprint density at radius 1 is 1.38 bits per heavy atom. The molecule has 1 aromatic carbocycles. The lowest BCUT2D eigenvalue weighted by Crippen LogP contribution is -2.17. The zero-order valence-electron chi connectivity index (χ0n) is 7.50. The van der Waals surface area contributed by atoms with Gasteiger partial charge in [0.25, 0.3) is 6.43 Å². The normalized spacial score (nSPS) is 13.3. The van der Waals surface area contributed by atoms with Gasteiger partial charge in [0.15, 0.2) is 0 Å². The second-order valence-electron chi connectivity index (χ2n) is 3.23. The summed E-state index contributed by atoms with van der Waals surface area (Å²) < 4.78 is 24.5. The molecule has 1 unspecified atom stereocenters. The first kappa shape index (κ1) is 10.1. The van der Waals surface area contributed by atoms with Crippen molar-refractivity contribution in [1.82, 2.24) is 0 Å². The van der Waals surface area contributed by atoms with Crippen LogP contribution in [0.2, 0.25) is 0 Å². The summed E-state index contributed by atoms with van der Waals surface area (Å²) in [6, 6.07) is 6.39. The van der Waals surface area contributed by atoms with Gasteiger partial charge >= 0.3 is 0 Å². The average molecular weight is 185 g/mol. The van der Waals surface area contributed by atoms with Gasteiger partial charge in [-0.1, -0.05) is 24.3 Å². The Labute approximate surface area is 76.6 Å². The molecule has 0 saturated carbocycles. The summed E-state index contributed by atoms with van der Waals surface area (Å²) in [7, 11) is 0. The Morgan fingerprint density at radius 3 is 2.62 bits per heavy atom. The smallest absolute Gasteiger partial charge is 0.263 e. The number of alkyl halides is 2. The third-order valence-electron chi connectivity index (χ3n) is 1.76. The molecule has 3 heteroatoms. The molecule has 0 fully saturated rings. The quantitative estimate of drug-likeness (QED) is 0.769. The lowest BCUT2D eigenvalue weighted by Gasteiger charge is -2.06. The Kier molecular flexibility index (Phi) is 3.37. The average Bonchev–Trinajstić information content (AvgIpc) is 2.03. The van der Waals surface area contributed by atoms with Crippen LogP contribution >= 0.6 is 0 Å². The second kappa shape index (κ2) is 4.33. The molecule has 13 heavy (non-hydrogen) atoms. The third-order valence-corrected chi connectivity index (χ3v) is 1.76. The Balaban J connectivity index is 2.79. The Morgan fingerprint density at radius 2 is 2.08 bits per heavy atom. The minimum absolute atomic E-state index is 0.00734. The van der Waals surface area contributed by atoms with E-state index in [0.717, 1.165) is 5.56 Å². The van der Waals surface area contributed by atoms with Crippen molar-refractivity contribution in [2.24, 2.45) is 5.73 Å². The van der Waals surface area contributed by atoms with Gasteiger partial charge in [-0.05, 0) is 18.9 Å². The molecule has 72 valence electrons. The highest BCUT2D eigenvalue weighted by molar-refractivity contribution is 5.24. The molecule has 1 aromatic rings. The fourth-order valence-corrected chi connectivity index (χ4v) is 1.23. The topological polar surface area (TPSA) is 26.0 Å². The third kappa shape index (κ3) is 3.11. The zero-order valence-corrected chi connectivity index (χ0v) is 7.50. The van der Waals surface area contributed by atoms with Crippen LogP contribution in [0.4, 0.5) is 8.78 Å². The van der Waals surface area contributed by atoms with Gasteiger partial charge in [0, 0.05) is 11.6 Å². The van der Waals surface area contributed by atoms with Gasteiger partial charge in [0.2, 0.25) is 0 Å². The number of benzene rings is 1. The molecule has 0 spiro atoms. The summed E-state index contributed by atoms with van der Waals surface area (Å²) in [6.07, 6.45) is -1.76. The summed E-state index contributed by atoms with van der Waals surface area (Å²) in [5.41, 5.74) is 6.50. The van der Waals surface area contributed by atoms with Crippen LogP contribution in [-0.4, -0.2) is 6.04 Å². The maximum atomic E-state index is 12.3. The van der Waals surface area contributed by atoms with Crippen molar-refractivity contribution < 1.29 is 8.78 Å². The van der Waals surface area contributed by atoms with Crippen LogP contribution in [0.3, 0.4) is 0 Å². The lowest BCUT2D eigenvalue weighted by molar-refractivity contribution is 0.151. The van der Waals surface area contributed by atoms with Gasteiger partial charge in [-0.25, -0.2) is 8.78 Å². The lowest BCUT2D eigenvalue weighted by atomic mass is 10.1. The van der Waals surface area contributed by atoms with Crippen molar-refractivity contribution in [1.29, 1.82) is 0 Å². The second-order valence-corrected chi connectivity index (χ2v) is 3.23. The van der Waals surface area contributed by atoms with Crippen LogP contribution < -0.4 is 5.73 Å². The SMILES string of the molecule is CC(N)Cc1cccc(C(F)F)c1. The highest BCUT2D eigenvalue weighted by Crippen LogP contribution is 2.19. The predicted octanol–water partition coefficient (Wildman–Crippen LogP) is 2.51. The van der Waals surface area contributed by atoms with E-state index >= 15 is 0 Å². The molecule has 0 saturated heterocycles. The van der Waals surface area contributed by atoms with Crippen LogP contribution in [0.15, 0.2) is 24.3 Å². The molecule has 1 nitrogen and oxygen atoms in total. The minimum Gasteiger partial charge on any atom is -0.328 e. The van der Waals surface area contributed by atoms with E-state index in [4.69, 9.17) is 5.73 Å². The monoisotopic (exact) mass is 185 g/mol. The summed E-state index contributed by atoms with van der Waals surface area (Å²) in [5, 5.41) is 0. The van der Waals surface area contributed by atoms with E-state index in [1.54, 1.807) is 6.07 Å². The molecule has 0 radical (unpaired) electrons. The molecule has 1 atom stereocenters. The van der Waals surface area contributed by atoms with Crippen molar-refractivity contribution in [2.45, 2.75) is 25.8 Å². The van der Waals surface area contributed by atoms with Gasteiger partial charge in [0.1, 0.15) is 0 Å². The maximum Gasteiger partial charge on any atom is 0.263 e. The van der Waals surface area contributed by atoms with Crippen molar-refractivity contribution in [3.8, 4) is 0 Å². The Bertz CT molecular complexity index is 271. The number of halogens is 2. The maximum absolute atomic E-state index is 12.3. The van der Waals surface area contributed by atoms with Crippen LogP contribution in [0.5, 0.6) is 0 Å². The van der Waals surface area contributed by atoms with Crippen LogP contribution in [0, 0.1) is 0 Å². The molecule has 2 N–H and O–H groups in total. The molecule has 0 bridgehead atoms. The van der Waals surface area contributed by atoms with Crippen molar-refractivity contribution >= 4 is 0 Å². The first-order valence-electron chi connectivity index (χ1n) is 4.22. The van der Waals surface area contributed by atoms with Crippen LogP contribution in [-0.2, 0) is 6.42 Å². The van der Waals surface area contributed by atoms with E-state index in [-0.39, 0.29) is 11.6 Å². The van der Waals surface area contributed by atoms with Gasteiger partial charge in [0.05, 0.1) is 0 Å². The summed E-state index contributed by atoms with van der Waals surface area (Å²) in [4.78, 5) is 0. The molecule has 1 rings (SSSR count). The molecular weight excluding hydrogens is 172 g/mol. The molecule has 0 aliphatic rings. The van der Waals surface area contributed by atoms with Gasteiger partial charge in [-0.3, -0.25) is 0 Å². The van der Waals surface area contributed by atoms with E-state index in [0.29, 0.717) is 6.42 Å². The highest BCUT2D eigenvalue weighted by Gasteiger charge is 2.07. The minimum atomic E-state index is -2.40. The van der Waals surface area contributed by atoms with Crippen molar-refractivity contribution in [3.63, 3.8) is 0 Å². The predicted molar refractivity (Wildman–Crippen MR) is 48.8 cm³/mol. The standard InChI is InChI=1S/C10H13F2N/c1-7(13)5-8-3-2-4-9(6-8)10(11)12/h2-4,6-7,10H,5,13H2,1H3.